The van der Waals surface area contributed by atoms with Crippen molar-refractivity contribution in [2.45, 2.75) is 59.2 Å². The summed E-state index contributed by atoms with van der Waals surface area (Å²) in [6, 6.07) is 3.55. The van der Waals surface area contributed by atoms with Gasteiger partial charge in [0.05, 0.1) is 24.3 Å². The summed E-state index contributed by atoms with van der Waals surface area (Å²) in [6.07, 6.45) is 3.57. The predicted octanol–water partition coefficient (Wildman–Crippen LogP) is 3.29. The van der Waals surface area contributed by atoms with Gasteiger partial charge in [0.1, 0.15) is 12.3 Å². The van der Waals surface area contributed by atoms with Crippen LogP contribution in [0.15, 0.2) is 22.8 Å². The summed E-state index contributed by atoms with van der Waals surface area (Å²) in [5, 5.41) is 0. The minimum Gasteiger partial charge on any atom is -0.467 e. The fourth-order valence-corrected chi connectivity index (χ4v) is 3.17. The van der Waals surface area contributed by atoms with Crippen molar-refractivity contribution in [1.29, 1.82) is 0 Å². The number of alkyl halides is 1. The highest BCUT2D eigenvalue weighted by Crippen LogP contribution is 2.23. The molecule has 0 spiro atoms. The van der Waals surface area contributed by atoms with Crippen LogP contribution in [0, 0.1) is 5.41 Å². The Bertz CT molecular complexity index is 610. The number of carbonyl (C=O) groups is 2. The van der Waals surface area contributed by atoms with Gasteiger partial charge in [-0.1, -0.05) is 0 Å². The van der Waals surface area contributed by atoms with Crippen LogP contribution in [0.4, 0.5) is 0 Å². The molecule has 0 aliphatic carbocycles. The number of amides is 2. The normalized spacial score (nSPS) is 17.3. The van der Waals surface area contributed by atoms with Crippen molar-refractivity contribution in [1.82, 2.24) is 9.80 Å². The molecular weight excluding hydrogens is 368 g/mol. The molecule has 0 radical (unpaired) electrons. The molecule has 1 fully saturated rings. The topological polar surface area (TPSA) is 63.0 Å². The second-order valence-electron chi connectivity index (χ2n) is 8.03. The van der Waals surface area contributed by atoms with Gasteiger partial charge in [-0.3, -0.25) is 9.59 Å². The standard InChI is InChI=1S/C20H31ClN2O4/c1-15(2)23(19(25)20(3,4)14-21)13-18(24)22(11-16-7-5-9-26-16)12-17-8-6-10-27-17/h5,7,9,15,17H,6,8,10-14H2,1-4H3. The van der Waals surface area contributed by atoms with Gasteiger partial charge in [0.15, 0.2) is 0 Å². The second kappa shape index (κ2) is 9.60. The van der Waals surface area contributed by atoms with Crippen molar-refractivity contribution in [3.05, 3.63) is 24.2 Å². The molecule has 0 saturated carbocycles. The van der Waals surface area contributed by atoms with Crippen LogP contribution < -0.4 is 0 Å². The number of ether oxygens (including phenoxy) is 1. The van der Waals surface area contributed by atoms with Crippen LogP contribution in [-0.2, 0) is 20.9 Å². The summed E-state index contributed by atoms with van der Waals surface area (Å²) >= 11 is 5.97. The molecule has 1 atom stereocenters. The summed E-state index contributed by atoms with van der Waals surface area (Å²) in [4.78, 5) is 29.3. The molecule has 1 aromatic rings. The van der Waals surface area contributed by atoms with Crippen LogP contribution in [-0.4, -0.2) is 59.3 Å². The lowest BCUT2D eigenvalue weighted by Crippen LogP contribution is -2.51. The van der Waals surface area contributed by atoms with Gasteiger partial charge in [0.2, 0.25) is 11.8 Å². The largest absolute Gasteiger partial charge is 0.467 e. The first-order chi connectivity index (χ1) is 12.7. The average molecular weight is 399 g/mol. The molecule has 2 rings (SSSR count). The van der Waals surface area contributed by atoms with Gasteiger partial charge < -0.3 is 19.0 Å². The number of nitrogens with zero attached hydrogens (tertiary/aromatic N) is 2. The van der Waals surface area contributed by atoms with E-state index < -0.39 is 5.41 Å². The first-order valence-electron chi connectivity index (χ1n) is 9.53. The lowest BCUT2D eigenvalue weighted by Gasteiger charge is -2.35. The Balaban J connectivity index is 2.12. The lowest BCUT2D eigenvalue weighted by molar-refractivity contribution is -0.148. The molecule has 6 nitrogen and oxygen atoms in total. The Morgan fingerprint density at radius 1 is 1.37 bits per heavy atom. The molecule has 0 bridgehead atoms. The highest BCUT2D eigenvalue weighted by Gasteiger charge is 2.34. The minimum absolute atomic E-state index is 0.0181. The fourth-order valence-electron chi connectivity index (χ4n) is 3.06. The molecule has 2 amide bonds. The highest BCUT2D eigenvalue weighted by molar-refractivity contribution is 6.19. The summed E-state index contributed by atoms with van der Waals surface area (Å²) in [6.45, 7) is 9.03. The number of hydrogen-bond acceptors (Lipinski definition) is 4. The van der Waals surface area contributed by atoms with E-state index in [2.05, 4.69) is 0 Å². The molecule has 7 heteroatoms. The van der Waals surface area contributed by atoms with Crippen LogP contribution in [0.2, 0.25) is 0 Å². The number of hydrogen-bond donors (Lipinski definition) is 0. The third-order valence-corrected chi connectivity index (χ3v) is 5.50. The molecule has 1 saturated heterocycles. The maximum absolute atomic E-state index is 13.1. The van der Waals surface area contributed by atoms with E-state index in [-0.39, 0.29) is 36.4 Å². The van der Waals surface area contributed by atoms with E-state index in [1.807, 2.05) is 19.9 Å². The van der Waals surface area contributed by atoms with E-state index in [0.29, 0.717) is 18.8 Å². The van der Waals surface area contributed by atoms with Gasteiger partial charge in [-0.2, -0.15) is 0 Å². The molecule has 152 valence electrons. The van der Waals surface area contributed by atoms with Crippen molar-refractivity contribution >= 4 is 23.4 Å². The monoisotopic (exact) mass is 398 g/mol. The Labute approximate surface area is 166 Å². The lowest BCUT2D eigenvalue weighted by atomic mass is 9.93. The first kappa shape index (κ1) is 21.8. The fraction of sp³-hybridized carbons (Fsp3) is 0.700. The van der Waals surface area contributed by atoms with Crippen LogP contribution in [0.5, 0.6) is 0 Å². The Hall–Kier alpha value is -1.53. The maximum Gasteiger partial charge on any atom is 0.242 e. The zero-order chi connectivity index (χ0) is 20.0. The van der Waals surface area contributed by atoms with Gasteiger partial charge in [-0.05, 0) is 52.7 Å². The van der Waals surface area contributed by atoms with E-state index in [4.69, 9.17) is 20.8 Å². The third kappa shape index (κ3) is 5.98. The predicted molar refractivity (Wildman–Crippen MR) is 104 cm³/mol. The van der Waals surface area contributed by atoms with Crippen LogP contribution in [0.1, 0.15) is 46.3 Å². The summed E-state index contributed by atoms with van der Waals surface area (Å²) < 4.78 is 11.1. The van der Waals surface area contributed by atoms with Crippen LogP contribution in [0.25, 0.3) is 0 Å². The SMILES string of the molecule is CC(C)N(CC(=O)N(Cc1ccco1)CC1CCCO1)C(=O)C(C)(C)CCl. The molecular formula is C20H31ClN2O4. The Morgan fingerprint density at radius 3 is 2.63 bits per heavy atom. The number of furan rings is 1. The first-order valence-corrected chi connectivity index (χ1v) is 10.1. The maximum atomic E-state index is 13.1. The van der Waals surface area contributed by atoms with Crippen molar-refractivity contribution in [3.63, 3.8) is 0 Å². The van der Waals surface area contributed by atoms with Crippen molar-refractivity contribution in [2.24, 2.45) is 5.41 Å². The van der Waals surface area contributed by atoms with Gasteiger partial charge >= 0.3 is 0 Å². The Morgan fingerprint density at radius 2 is 2.11 bits per heavy atom. The molecule has 27 heavy (non-hydrogen) atoms. The van der Waals surface area contributed by atoms with Gasteiger partial charge in [-0.25, -0.2) is 0 Å². The minimum atomic E-state index is -0.716. The van der Waals surface area contributed by atoms with E-state index in [9.17, 15) is 9.59 Å². The number of rotatable bonds is 9. The Kier molecular flexibility index (Phi) is 7.74. The average Bonchev–Trinajstić information content (AvgIpc) is 3.32. The molecule has 1 aromatic heterocycles. The molecule has 0 N–H and O–H groups in total. The van der Waals surface area contributed by atoms with E-state index >= 15 is 0 Å². The van der Waals surface area contributed by atoms with Crippen LogP contribution in [0.3, 0.4) is 0 Å². The zero-order valence-corrected chi connectivity index (χ0v) is 17.5. The van der Waals surface area contributed by atoms with Crippen LogP contribution >= 0.6 is 11.6 Å². The molecule has 2 heterocycles. The summed E-state index contributed by atoms with van der Waals surface area (Å²) in [5.74, 6) is 0.685. The van der Waals surface area contributed by atoms with Gasteiger partial charge in [0.25, 0.3) is 0 Å². The molecule has 1 unspecified atom stereocenters. The van der Waals surface area contributed by atoms with Gasteiger partial charge in [-0.15, -0.1) is 11.6 Å². The number of halogens is 1. The van der Waals surface area contributed by atoms with E-state index in [0.717, 1.165) is 19.4 Å². The van der Waals surface area contributed by atoms with E-state index in [1.165, 1.54) is 0 Å². The number of carbonyl (C=O) groups excluding carboxylic acids is 2. The highest BCUT2D eigenvalue weighted by atomic mass is 35.5. The van der Waals surface area contributed by atoms with E-state index in [1.54, 1.807) is 36.0 Å². The smallest absolute Gasteiger partial charge is 0.242 e. The van der Waals surface area contributed by atoms with Crippen molar-refractivity contribution in [3.8, 4) is 0 Å². The molecule has 1 aliphatic rings. The zero-order valence-electron chi connectivity index (χ0n) is 16.7. The second-order valence-corrected chi connectivity index (χ2v) is 8.30. The molecule has 0 aromatic carbocycles. The van der Waals surface area contributed by atoms with Crippen molar-refractivity contribution < 1.29 is 18.7 Å². The summed E-state index contributed by atoms with van der Waals surface area (Å²) in [5.41, 5.74) is -0.716. The third-order valence-electron chi connectivity index (χ3n) is 4.83. The quantitative estimate of drug-likeness (QED) is 0.599. The van der Waals surface area contributed by atoms with Gasteiger partial charge in [0, 0.05) is 25.1 Å². The van der Waals surface area contributed by atoms with Crippen molar-refractivity contribution in [2.75, 3.05) is 25.6 Å². The summed E-state index contributed by atoms with van der Waals surface area (Å²) in [7, 11) is 0. The molecule has 1 aliphatic heterocycles.